The van der Waals surface area contributed by atoms with Crippen molar-refractivity contribution < 1.29 is 22.7 Å². The quantitative estimate of drug-likeness (QED) is 0.600. The number of piperidine rings is 3. The maximum Gasteiger partial charge on any atom is 0.335 e. The average molecular weight is 454 g/mol. The number of carbonyl (C=O) groups excluding carboxylic acids is 2. The van der Waals surface area contributed by atoms with Crippen LogP contribution < -0.4 is 0 Å². The summed E-state index contributed by atoms with van der Waals surface area (Å²) in [5, 5.41) is 0. The number of amides is 1. The van der Waals surface area contributed by atoms with Crippen molar-refractivity contribution in [3.05, 3.63) is 11.1 Å². The summed E-state index contributed by atoms with van der Waals surface area (Å²) in [6.45, 7) is 7.53. The van der Waals surface area contributed by atoms with Gasteiger partial charge in [-0.25, -0.2) is 17.5 Å². The lowest BCUT2D eigenvalue weighted by atomic mass is 9.82. The molecule has 174 valence electrons. The zero-order valence-corrected chi connectivity index (χ0v) is 19.6. The predicted molar refractivity (Wildman–Crippen MR) is 117 cm³/mol. The minimum absolute atomic E-state index is 0.0480. The van der Waals surface area contributed by atoms with Crippen LogP contribution in [0.5, 0.6) is 0 Å². The van der Waals surface area contributed by atoms with Crippen LogP contribution in [0.3, 0.4) is 0 Å². The third kappa shape index (κ3) is 4.28. The van der Waals surface area contributed by atoms with Crippen LogP contribution >= 0.6 is 0 Å². The standard InChI is InChI=1S/C22H35N3O5S/c1-3-31(28,29)25-15-9-22(10-16-25)19(17(2)21(27)30-22)20(26)24-13-7-18(8-14-24)23-11-5-4-6-12-23/h18H,3-16H2,1-2H3. The van der Waals surface area contributed by atoms with Crippen LogP contribution in [0.25, 0.3) is 0 Å². The van der Waals surface area contributed by atoms with Gasteiger partial charge in [-0.2, -0.15) is 0 Å². The second-order valence-electron chi connectivity index (χ2n) is 9.30. The van der Waals surface area contributed by atoms with E-state index in [1.54, 1.807) is 13.8 Å². The molecule has 8 nitrogen and oxygen atoms in total. The largest absolute Gasteiger partial charge is 0.450 e. The number of sulfonamides is 1. The van der Waals surface area contributed by atoms with Crippen molar-refractivity contribution in [2.24, 2.45) is 0 Å². The molecule has 4 aliphatic heterocycles. The SMILES string of the molecule is CCS(=O)(=O)N1CCC2(CC1)OC(=O)C(C)=C2C(=O)N1CCC(N2CCCCC2)CC1. The summed E-state index contributed by atoms with van der Waals surface area (Å²) in [5.74, 6) is -0.502. The summed E-state index contributed by atoms with van der Waals surface area (Å²) >= 11 is 0. The van der Waals surface area contributed by atoms with Gasteiger partial charge in [-0.05, 0) is 52.6 Å². The van der Waals surface area contributed by atoms with Gasteiger partial charge < -0.3 is 14.5 Å². The smallest absolute Gasteiger partial charge is 0.335 e. The molecule has 31 heavy (non-hydrogen) atoms. The topological polar surface area (TPSA) is 87.2 Å². The van der Waals surface area contributed by atoms with Gasteiger partial charge in [0.1, 0.15) is 5.60 Å². The molecule has 0 saturated carbocycles. The van der Waals surface area contributed by atoms with Crippen LogP contribution in [-0.4, -0.2) is 91.1 Å². The molecular weight excluding hydrogens is 418 g/mol. The third-order valence-electron chi connectivity index (χ3n) is 7.59. The average Bonchev–Trinajstić information content (AvgIpc) is 3.03. The molecule has 0 bridgehead atoms. The maximum absolute atomic E-state index is 13.5. The number of ether oxygens (including phenoxy) is 1. The van der Waals surface area contributed by atoms with E-state index in [0.29, 0.717) is 43.1 Å². The molecule has 4 rings (SSSR count). The highest BCUT2D eigenvalue weighted by atomic mass is 32.2. The fourth-order valence-corrected chi connectivity index (χ4v) is 6.74. The molecule has 0 N–H and O–H groups in total. The van der Waals surface area contributed by atoms with Crippen LogP contribution in [0.1, 0.15) is 58.8 Å². The van der Waals surface area contributed by atoms with Crippen LogP contribution in [0.2, 0.25) is 0 Å². The van der Waals surface area contributed by atoms with Crippen molar-refractivity contribution in [3.63, 3.8) is 0 Å². The Hall–Kier alpha value is -1.45. The Morgan fingerprint density at radius 2 is 1.65 bits per heavy atom. The summed E-state index contributed by atoms with van der Waals surface area (Å²) in [6, 6.07) is 0.539. The number of carbonyl (C=O) groups is 2. The van der Waals surface area contributed by atoms with Crippen molar-refractivity contribution in [2.75, 3.05) is 45.0 Å². The first-order valence-corrected chi connectivity index (χ1v) is 13.3. The molecule has 0 aromatic heterocycles. The number of hydrogen-bond acceptors (Lipinski definition) is 6. The Morgan fingerprint density at radius 3 is 2.23 bits per heavy atom. The van der Waals surface area contributed by atoms with Crippen LogP contribution in [0.15, 0.2) is 11.1 Å². The minimum atomic E-state index is -3.29. The molecule has 1 spiro atoms. The van der Waals surface area contributed by atoms with E-state index in [1.165, 1.54) is 23.6 Å². The molecule has 4 aliphatic rings. The van der Waals surface area contributed by atoms with Crippen LogP contribution in [-0.2, 0) is 24.3 Å². The predicted octanol–water partition coefficient (Wildman–Crippen LogP) is 1.52. The minimum Gasteiger partial charge on any atom is -0.450 e. The second kappa shape index (κ2) is 8.83. The fourth-order valence-electron chi connectivity index (χ4n) is 5.64. The van der Waals surface area contributed by atoms with Gasteiger partial charge >= 0.3 is 5.97 Å². The lowest BCUT2D eigenvalue weighted by molar-refractivity contribution is -0.150. The number of esters is 1. The third-order valence-corrected chi connectivity index (χ3v) is 9.47. The van der Waals surface area contributed by atoms with E-state index in [2.05, 4.69) is 4.90 Å². The van der Waals surface area contributed by atoms with Gasteiger partial charge in [-0.1, -0.05) is 6.42 Å². The highest BCUT2D eigenvalue weighted by molar-refractivity contribution is 7.89. The van der Waals surface area contributed by atoms with Crippen molar-refractivity contribution in [2.45, 2.75) is 70.4 Å². The molecule has 0 aliphatic carbocycles. The van der Waals surface area contributed by atoms with Gasteiger partial charge in [0.2, 0.25) is 10.0 Å². The fraction of sp³-hybridized carbons (Fsp3) is 0.818. The molecule has 0 atom stereocenters. The Balaban J connectivity index is 1.45. The molecule has 0 aromatic rings. The molecule has 4 heterocycles. The van der Waals surface area contributed by atoms with Crippen molar-refractivity contribution in [1.29, 1.82) is 0 Å². The number of nitrogens with zero attached hydrogens (tertiary/aromatic N) is 3. The molecular formula is C22H35N3O5S. The Morgan fingerprint density at radius 1 is 1.03 bits per heavy atom. The first-order chi connectivity index (χ1) is 14.8. The Bertz CT molecular complexity index is 846. The zero-order chi connectivity index (χ0) is 22.2. The van der Waals surface area contributed by atoms with Gasteiger partial charge in [0.05, 0.1) is 11.3 Å². The first-order valence-electron chi connectivity index (χ1n) is 11.7. The highest BCUT2D eigenvalue weighted by Gasteiger charge is 2.52. The van der Waals surface area contributed by atoms with E-state index in [-0.39, 0.29) is 24.7 Å². The lowest BCUT2D eigenvalue weighted by Crippen LogP contribution is -2.53. The van der Waals surface area contributed by atoms with Gasteiger partial charge in [0, 0.05) is 50.6 Å². The highest BCUT2D eigenvalue weighted by Crippen LogP contribution is 2.42. The van der Waals surface area contributed by atoms with E-state index < -0.39 is 21.6 Å². The van der Waals surface area contributed by atoms with Crippen LogP contribution in [0.4, 0.5) is 0 Å². The zero-order valence-electron chi connectivity index (χ0n) is 18.8. The molecule has 0 radical (unpaired) electrons. The molecule has 1 amide bonds. The number of likely N-dealkylation sites (tertiary alicyclic amines) is 2. The summed E-state index contributed by atoms with van der Waals surface area (Å²) in [6.07, 6.45) is 6.43. The normalized spacial score (nSPS) is 26.5. The molecule has 9 heteroatoms. The summed E-state index contributed by atoms with van der Waals surface area (Å²) in [5.41, 5.74) is -0.140. The van der Waals surface area contributed by atoms with Gasteiger partial charge in [0.15, 0.2) is 0 Å². The first kappa shape index (κ1) is 22.7. The number of hydrogen-bond donors (Lipinski definition) is 0. The molecule has 0 aromatic carbocycles. The van der Waals surface area contributed by atoms with E-state index >= 15 is 0 Å². The summed E-state index contributed by atoms with van der Waals surface area (Å²) in [7, 11) is -3.29. The number of rotatable bonds is 4. The monoisotopic (exact) mass is 453 g/mol. The summed E-state index contributed by atoms with van der Waals surface area (Å²) < 4.78 is 31.7. The van der Waals surface area contributed by atoms with Crippen molar-refractivity contribution in [3.8, 4) is 0 Å². The van der Waals surface area contributed by atoms with Crippen LogP contribution in [0, 0.1) is 0 Å². The Kier molecular flexibility index (Phi) is 6.47. The van der Waals surface area contributed by atoms with Crippen molar-refractivity contribution >= 4 is 21.9 Å². The van der Waals surface area contributed by atoms with E-state index in [0.717, 1.165) is 25.9 Å². The molecule has 3 saturated heterocycles. The van der Waals surface area contributed by atoms with Gasteiger partial charge in [0.25, 0.3) is 5.91 Å². The van der Waals surface area contributed by atoms with E-state index in [4.69, 9.17) is 4.74 Å². The van der Waals surface area contributed by atoms with Gasteiger partial charge in [-0.3, -0.25) is 4.79 Å². The molecule has 3 fully saturated rings. The second-order valence-corrected chi connectivity index (χ2v) is 11.6. The van der Waals surface area contributed by atoms with E-state index in [1.807, 2.05) is 4.90 Å². The lowest BCUT2D eigenvalue weighted by Gasteiger charge is -2.42. The summed E-state index contributed by atoms with van der Waals surface area (Å²) in [4.78, 5) is 30.4. The maximum atomic E-state index is 13.5. The van der Waals surface area contributed by atoms with Gasteiger partial charge in [-0.15, -0.1) is 0 Å². The Labute approximate surface area is 185 Å². The molecule has 0 unspecified atom stereocenters. The van der Waals surface area contributed by atoms with Crippen molar-refractivity contribution in [1.82, 2.24) is 14.1 Å². The van der Waals surface area contributed by atoms with E-state index in [9.17, 15) is 18.0 Å².